The van der Waals surface area contributed by atoms with Crippen LogP contribution < -0.4 is 10.6 Å². The van der Waals surface area contributed by atoms with Crippen molar-refractivity contribution in [2.75, 3.05) is 10.6 Å². The molecular formula is C26H14N2O9. The highest BCUT2D eigenvalue weighted by Gasteiger charge is 2.30. The van der Waals surface area contributed by atoms with Crippen molar-refractivity contribution in [2.45, 2.75) is 0 Å². The molecule has 0 radical (unpaired) electrons. The summed E-state index contributed by atoms with van der Waals surface area (Å²) in [6.45, 7) is 3.62. The molecule has 2 aliphatic rings. The fourth-order valence-corrected chi connectivity index (χ4v) is 3.85. The molecule has 11 heteroatoms. The summed E-state index contributed by atoms with van der Waals surface area (Å²) in [5.74, 6) is -4.82. The number of hydrogen-bond donors (Lipinski definition) is 3. The fourth-order valence-electron chi connectivity index (χ4n) is 3.85. The van der Waals surface area contributed by atoms with Gasteiger partial charge in [-0.05, 0) is 54.6 Å². The first-order valence-corrected chi connectivity index (χ1v) is 10.6. The standard InChI is InChI=1S/C26H14N2O9/c1-11-17-4-2-12(8-19(17)25(34)36-11)21(29)27-15-6-14(23(31)32)7-16(10-15)28-22(30)13-3-5-18-20(9-13)26(35)37-24(18)33/h2-10H,1H2,(H,27,29)(H,28,30)(H,31,32). The first-order valence-electron chi connectivity index (χ1n) is 10.6. The summed E-state index contributed by atoms with van der Waals surface area (Å²) in [6.07, 6.45) is 0. The molecule has 5 rings (SSSR count). The molecule has 11 nitrogen and oxygen atoms in total. The summed E-state index contributed by atoms with van der Waals surface area (Å²) in [4.78, 5) is 72.5. The Balaban J connectivity index is 1.40. The molecule has 182 valence electrons. The Kier molecular flexibility index (Phi) is 5.37. The van der Waals surface area contributed by atoms with E-state index >= 15 is 0 Å². The first-order chi connectivity index (χ1) is 17.6. The van der Waals surface area contributed by atoms with Crippen LogP contribution >= 0.6 is 0 Å². The third-order valence-electron chi connectivity index (χ3n) is 5.62. The maximum Gasteiger partial charge on any atom is 0.346 e. The van der Waals surface area contributed by atoms with E-state index in [0.717, 1.165) is 0 Å². The lowest BCUT2D eigenvalue weighted by Crippen LogP contribution is -2.16. The van der Waals surface area contributed by atoms with Gasteiger partial charge in [0.05, 0.1) is 22.3 Å². The van der Waals surface area contributed by atoms with E-state index in [4.69, 9.17) is 4.74 Å². The van der Waals surface area contributed by atoms with Crippen LogP contribution in [0.25, 0.3) is 5.76 Å². The highest BCUT2D eigenvalue weighted by molar-refractivity contribution is 6.16. The third kappa shape index (κ3) is 4.21. The smallest absolute Gasteiger partial charge is 0.346 e. The van der Waals surface area contributed by atoms with Crippen molar-refractivity contribution >= 4 is 52.8 Å². The zero-order valence-corrected chi connectivity index (χ0v) is 18.6. The Labute approximate surface area is 207 Å². The molecule has 0 atom stereocenters. The van der Waals surface area contributed by atoms with E-state index in [0.29, 0.717) is 5.56 Å². The minimum absolute atomic E-state index is 0.0170. The third-order valence-corrected chi connectivity index (χ3v) is 5.62. The van der Waals surface area contributed by atoms with E-state index in [9.17, 15) is 33.9 Å². The Morgan fingerprint density at radius 2 is 1.11 bits per heavy atom. The average molecular weight is 498 g/mol. The molecule has 3 N–H and O–H groups in total. The molecule has 2 aliphatic heterocycles. The number of carboxylic acids is 1. The van der Waals surface area contributed by atoms with Gasteiger partial charge in [0.25, 0.3) is 11.8 Å². The topological polar surface area (TPSA) is 165 Å². The van der Waals surface area contributed by atoms with E-state index in [1.165, 1.54) is 54.6 Å². The maximum atomic E-state index is 12.8. The van der Waals surface area contributed by atoms with Gasteiger partial charge in [-0.3, -0.25) is 9.59 Å². The van der Waals surface area contributed by atoms with Gasteiger partial charge in [0, 0.05) is 28.1 Å². The molecule has 37 heavy (non-hydrogen) atoms. The van der Waals surface area contributed by atoms with Crippen molar-refractivity contribution in [2.24, 2.45) is 0 Å². The van der Waals surface area contributed by atoms with Crippen molar-refractivity contribution in [3.63, 3.8) is 0 Å². The SMILES string of the molecule is C=C1OC(=O)c2cc(C(=O)Nc3cc(NC(=O)c4ccc5c(c4)C(=O)OC5=O)cc(C(=O)O)c3)ccc21. The van der Waals surface area contributed by atoms with E-state index in [2.05, 4.69) is 21.9 Å². The van der Waals surface area contributed by atoms with Crippen LogP contribution in [0.5, 0.6) is 0 Å². The largest absolute Gasteiger partial charge is 0.478 e. The molecule has 0 unspecified atom stereocenters. The lowest BCUT2D eigenvalue weighted by molar-refractivity contribution is 0.0442. The number of anilines is 2. The van der Waals surface area contributed by atoms with Gasteiger partial charge in [-0.15, -0.1) is 0 Å². The summed E-state index contributed by atoms with van der Waals surface area (Å²) < 4.78 is 9.45. The number of carbonyl (C=O) groups excluding carboxylic acids is 5. The molecular weight excluding hydrogens is 484 g/mol. The van der Waals surface area contributed by atoms with E-state index in [1.807, 2.05) is 0 Å². The van der Waals surface area contributed by atoms with Gasteiger partial charge >= 0.3 is 23.9 Å². The number of nitrogens with one attached hydrogen (secondary N) is 2. The van der Waals surface area contributed by atoms with Crippen LogP contribution in [-0.2, 0) is 9.47 Å². The Bertz CT molecular complexity index is 1510. The van der Waals surface area contributed by atoms with Crippen molar-refractivity contribution in [3.05, 3.63) is 100 Å². The monoisotopic (exact) mass is 498 g/mol. The van der Waals surface area contributed by atoms with Crippen LogP contribution in [0.3, 0.4) is 0 Å². The predicted octanol–water partition coefficient (Wildman–Crippen LogP) is 3.34. The van der Waals surface area contributed by atoms with Crippen LogP contribution in [0.15, 0.2) is 61.2 Å². The average Bonchev–Trinajstić information content (AvgIpc) is 3.31. The second-order valence-electron chi connectivity index (χ2n) is 8.02. The second-order valence-corrected chi connectivity index (χ2v) is 8.02. The number of aromatic carboxylic acids is 1. The molecule has 0 aromatic heterocycles. The number of rotatable bonds is 5. The maximum absolute atomic E-state index is 12.8. The molecule has 3 aromatic carbocycles. The molecule has 0 bridgehead atoms. The van der Waals surface area contributed by atoms with Crippen LogP contribution in [-0.4, -0.2) is 40.8 Å². The zero-order chi connectivity index (χ0) is 26.4. The van der Waals surface area contributed by atoms with Gasteiger partial charge in [0.1, 0.15) is 5.76 Å². The summed E-state index contributed by atoms with van der Waals surface area (Å²) in [6, 6.07) is 11.8. The fraction of sp³-hybridized carbons (Fsp3) is 0. The highest BCUT2D eigenvalue weighted by atomic mass is 16.6. The number of amides is 2. The first kappa shape index (κ1) is 23.2. The predicted molar refractivity (Wildman–Crippen MR) is 126 cm³/mol. The summed E-state index contributed by atoms with van der Waals surface area (Å²) >= 11 is 0. The van der Waals surface area contributed by atoms with Gasteiger partial charge in [-0.2, -0.15) is 0 Å². The zero-order valence-electron chi connectivity index (χ0n) is 18.6. The Morgan fingerprint density at radius 3 is 1.68 bits per heavy atom. The van der Waals surface area contributed by atoms with Gasteiger partial charge in [0.15, 0.2) is 0 Å². The number of benzene rings is 3. The minimum atomic E-state index is -1.32. The van der Waals surface area contributed by atoms with Crippen LogP contribution in [0.1, 0.15) is 67.7 Å². The molecule has 0 saturated heterocycles. The van der Waals surface area contributed by atoms with Crippen LogP contribution in [0.4, 0.5) is 11.4 Å². The number of fused-ring (bicyclic) bond motifs is 2. The van der Waals surface area contributed by atoms with Crippen LogP contribution in [0.2, 0.25) is 0 Å². The van der Waals surface area contributed by atoms with E-state index in [1.54, 1.807) is 0 Å². The van der Waals surface area contributed by atoms with E-state index < -0.39 is 35.7 Å². The van der Waals surface area contributed by atoms with Gasteiger partial charge in [-0.1, -0.05) is 6.58 Å². The molecule has 0 fully saturated rings. The van der Waals surface area contributed by atoms with Gasteiger partial charge in [-0.25, -0.2) is 19.2 Å². The van der Waals surface area contributed by atoms with Crippen molar-refractivity contribution in [3.8, 4) is 0 Å². The summed E-state index contributed by atoms with van der Waals surface area (Å²) in [5, 5.41) is 14.5. The number of esters is 3. The van der Waals surface area contributed by atoms with Gasteiger partial charge in [0.2, 0.25) is 0 Å². The van der Waals surface area contributed by atoms with Crippen molar-refractivity contribution < 1.29 is 43.3 Å². The number of ether oxygens (including phenoxy) is 2. The Morgan fingerprint density at radius 1 is 0.622 bits per heavy atom. The summed E-state index contributed by atoms with van der Waals surface area (Å²) in [7, 11) is 0. The lowest BCUT2D eigenvalue weighted by atomic mass is 10.0. The molecule has 2 heterocycles. The van der Waals surface area contributed by atoms with Gasteiger partial charge < -0.3 is 25.2 Å². The molecule has 2 amide bonds. The molecule has 0 aliphatic carbocycles. The number of carboxylic acid groups (broad SMARTS) is 1. The second kappa shape index (κ2) is 8.57. The van der Waals surface area contributed by atoms with Crippen molar-refractivity contribution in [1.82, 2.24) is 0 Å². The normalized spacial score (nSPS) is 13.4. The molecule has 0 saturated carbocycles. The molecule has 3 aromatic rings. The summed E-state index contributed by atoms with van der Waals surface area (Å²) in [5.41, 5.74) is 0.581. The number of carbonyl (C=O) groups is 6. The Hall–Kier alpha value is -5.58. The van der Waals surface area contributed by atoms with Crippen LogP contribution in [0, 0.1) is 0 Å². The number of cyclic esters (lactones) is 3. The quantitative estimate of drug-likeness (QED) is 0.353. The molecule has 0 spiro atoms. The lowest BCUT2D eigenvalue weighted by Gasteiger charge is -2.11. The highest BCUT2D eigenvalue weighted by Crippen LogP contribution is 2.29. The van der Waals surface area contributed by atoms with E-state index in [-0.39, 0.29) is 50.5 Å². The number of hydrogen-bond acceptors (Lipinski definition) is 8. The van der Waals surface area contributed by atoms with Crippen molar-refractivity contribution in [1.29, 1.82) is 0 Å². The minimum Gasteiger partial charge on any atom is -0.478 e.